The highest BCUT2D eigenvalue weighted by atomic mass is 16.3. The molecule has 0 spiro atoms. The SMILES string of the molecule is CC1CC(O)C(C(C)C)C(c2ccoc2Cc2ccccc2)C1. The highest BCUT2D eigenvalue weighted by molar-refractivity contribution is 5.30. The summed E-state index contributed by atoms with van der Waals surface area (Å²) in [4.78, 5) is 0. The summed E-state index contributed by atoms with van der Waals surface area (Å²) >= 11 is 0. The molecule has 4 atom stereocenters. The number of rotatable bonds is 4. The van der Waals surface area contributed by atoms with Crippen LogP contribution >= 0.6 is 0 Å². The monoisotopic (exact) mass is 312 g/mol. The maximum atomic E-state index is 10.6. The minimum absolute atomic E-state index is 0.205. The molecule has 4 unspecified atom stereocenters. The first-order valence-corrected chi connectivity index (χ1v) is 8.84. The Hall–Kier alpha value is -1.54. The number of furan rings is 1. The Bertz CT molecular complexity index is 614. The zero-order chi connectivity index (χ0) is 16.4. The van der Waals surface area contributed by atoms with E-state index in [1.165, 1.54) is 11.1 Å². The highest BCUT2D eigenvalue weighted by Gasteiger charge is 2.39. The van der Waals surface area contributed by atoms with Crippen LogP contribution in [0, 0.1) is 17.8 Å². The molecule has 2 nitrogen and oxygen atoms in total. The van der Waals surface area contributed by atoms with Crippen LogP contribution < -0.4 is 0 Å². The van der Waals surface area contributed by atoms with Gasteiger partial charge in [-0.15, -0.1) is 0 Å². The second-order valence-corrected chi connectivity index (χ2v) is 7.53. The van der Waals surface area contributed by atoms with E-state index in [-0.39, 0.29) is 6.10 Å². The molecule has 23 heavy (non-hydrogen) atoms. The topological polar surface area (TPSA) is 33.4 Å². The molecule has 0 saturated heterocycles. The Balaban J connectivity index is 1.89. The van der Waals surface area contributed by atoms with Crippen molar-refractivity contribution in [1.82, 2.24) is 0 Å². The van der Waals surface area contributed by atoms with Crippen molar-refractivity contribution in [2.75, 3.05) is 0 Å². The van der Waals surface area contributed by atoms with E-state index in [1.54, 1.807) is 0 Å². The zero-order valence-electron chi connectivity index (χ0n) is 14.4. The number of hydrogen-bond donors (Lipinski definition) is 1. The second-order valence-electron chi connectivity index (χ2n) is 7.53. The van der Waals surface area contributed by atoms with Gasteiger partial charge >= 0.3 is 0 Å². The summed E-state index contributed by atoms with van der Waals surface area (Å²) in [6.07, 6.45) is 4.50. The van der Waals surface area contributed by atoms with E-state index >= 15 is 0 Å². The molecule has 3 rings (SSSR count). The summed E-state index contributed by atoms with van der Waals surface area (Å²) in [7, 11) is 0. The second kappa shape index (κ2) is 6.92. The van der Waals surface area contributed by atoms with Gasteiger partial charge in [0.05, 0.1) is 12.4 Å². The van der Waals surface area contributed by atoms with E-state index in [0.29, 0.717) is 23.7 Å². The Kier molecular flexibility index (Phi) is 4.91. The third-order valence-electron chi connectivity index (χ3n) is 5.37. The lowest BCUT2D eigenvalue weighted by Crippen LogP contribution is -2.37. The molecule has 1 aliphatic carbocycles. The molecule has 1 fully saturated rings. The van der Waals surface area contributed by atoms with Crippen molar-refractivity contribution < 1.29 is 9.52 Å². The van der Waals surface area contributed by atoms with Crippen LogP contribution in [0.1, 0.15) is 56.4 Å². The van der Waals surface area contributed by atoms with Crippen LogP contribution in [0.25, 0.3) is 0 Å². The average Bonchev–Trinajstić information content (AvgIpc) is 2.95. The van der Waals surface area contributed by atoms with Crippen molar-refractivity contribution in [3.05, 3.63) is 59.5 Å². The molecule has 0 amide bonds. The smallest absolute Gasteiger partial charge is 0.111 e. The van der Waals surface area contributed by atoms with Crippen LogP contribution in [0.5, 0.6) is 0 Å². The summed E-state index contributed by atoms with van der Waals surface area (Å²) < 4.78 is 5.84. The van der Waals surface area contributed by atoms with E-state index in [4.69, 9.17) is 4.42 Å². The van der Waals surface area contributed by atoms with Gasteiger partial charge in [-0.2, -0.15) is 0 Å². The zero-order valence-corrected chi connectivity index (χ0v) is 14.4. The maximum absolute atomic E-state index is 10.6. The van der Waals surface area contributed by atoms with Gasteiger partial charge in [0, 0.05) is 6.42 Å². The summed E-state index contributed by atoms with van der Waals surface area (Å²) in [6, 6.07) is 12.6. The first kappa shape index (κ1) is 16.3. The Labute approximate surface area is 139 Å². The molecule has 1 aromatic heterocycles. The first-order valence-electron chi connectivity index (χ1n) is 8.84. The van der Waals surface area contributed by atoms with Gasteiger partial charge in [0.1, 0.15) is 5.76 Å². The van der Waals surface area contributed by atoms with Gasteiger partial charge in [-0.1, -0.05) is 51.1 Å². The van der Waals surface area contributed by atoms with Crippen LogP contribution in [0.15, 0.2) is 47.1 Å². The largest absolute Gasteiger partial charge is 0.469 e. The molecule has 1 N–H and O–H groups in total. The molecule has 1 saturated carbocycles. The van der Waals surface area contributed by atoms with E-state index < -0.39 is 0 Å². The lowest BCUT2D eigenvalue weighted by atomic mass is 9.66. The van der Waals surface area contributed by atoms with Crippen LogP contribution in [0.2, 0.25) is 0 Å². The fourth-order valence-electron chi connectivity index (χ4n) is 4.37. The van der Waals surface area contributed by atoms with Gasteiger partial charge in [-0.3, -0.25) is 0 Å². The number of aliphatic hydroxyl groups is 1. The van der Waals surface area contributed by atoms with Gasteiger partial charge in [-0.25, -0.2) is 0 Å². The van der Waals surface area contributed by atoms with Crippen molar-refractivity contribution in [2.45, 2.75) is 52.1 Å². The van der Waals surface area contributed by atoms with Gasteiger partial charge in [0.2, 0.25) is 0 Å². The average molecular weight is 312 g/mol. The predicted molar refractivity (Wildman–Crippen MR) is 93.4 cm³/mol. The standard InChI is InChI=1S/C21H28O2/c1-14(2)21-18(11-15(3)12-19(21)22)17-9-10-23-20(17)13-16-7-5-4-6-8-16/h4-10,14-15,18-19,21-22H,11-13H2,1-3H3. The van der Waals surface area contributed by atoms with Crippen molar-refractivity contribution in [1.29, 1.82) is 0 Å². The third-order valence-corrected chi connectivity index (χ3v) is 5.37. The molecule has 0 radical (unpaired) electrons. The van der Waals surface area contributed by atoms with E-state index in [2.05, 4.69) is 51.1 Å². The van der Waals surface area contributed by atoms with Gasteiger partial charge in [0.25, 0.3) is 0 Å². The fraction of sp³-hybridized carbons (Fsp3) is 0.524. The molecular formula is C21H28O2. The Morgan fingerprint density at radius 2 is 1.87 bits per heavy atom. The summed E-state index contributed by atoms with van der Waals surface area (Å²) in [6.45, 7) is 6.71. The van der Waals surface area contributed by atoms with Crippen molar-refractivity contribution in [3.63, 3.8) is 0 Å². The minimum Gasteiger partial charge on any atom is -0.469 e. The Morgan fingerprint density at radius 1 is 1.13 bits per heavy atom. The summed E-state index contributed by atoms with van der Waals surface area (Å²) in [5.74, 6) is 2.81. The van der Waals surface area contributed by atoms with Crippen molar-refractivity contribution >= 4 is 0 Å². The van der Waals surface area contributed by atoms with E-state index in [9.17, 15) is 5.11 Å². The molecule has 2 aromatic rings. The number of hydrogen-bond acceptors (Lipinski definition) is 2. The molecular weight excluding hydrogens is 284 g/mol. The number of aliphatic hydroxyl groups excluding tert-OH is 1. The van der Waals surface area contributed by atoms with E-state index in [0.717, 1.165) is 25.0 Å². The van der Waals surface area contributed by atoms with Gasteiger partial charge in [-0.05, 0) is 53.7 Å². The normalized spacial score (nSPS) is 28.2. The molecule has 2 heteroatoms. The fourth-order valence-corrected chi connectivity index (χ4v) is 4.37. The molecule has 1 aliphatic rings. The quantitative estimate of drug-likeness (QED) is 0.860. The lowest BCUT2D eigenvalue weighted by Gasteiger charge is -2.41. The molecule has 0 bridgehead atoms. The van der Waals surface area contributed by atoms with Crippen LogP contribution in [-0.4, -0.2) is 11.2 Å². The van der Waals surface area contributed by atoms with Gasteiger partial charge < -0.3 is 9.52 Å². The predicted octanol–water partition coefficient (Wildman–Crippen LogP) is 5.02. The van der Waals surface area contributed by atoms with Crippen LogP contribution in [-0.2, 0) is 6.42 Å². The lowest BCUT2D eigenvalue weighted by molar-refractivity contribution is 0.0110. The molecule has 124 valence electrons. The first-order chi connectivity index (χ1) is 11.1. The molecule has 1 heterocycles. The molecule has 1 aromatic carbocycles. The molecule has 0 aliphatic heterocycles. The number of benzene rings is 1. The minimum atomic E-state index is -0.205. The maximum Gasteiger partial charge on any atom is 0.111 e. The summed E-state index contributed by atoms with van der Waals surface area (Å²) in [5.41, 5.74) is 2.58. The Morgan fingerprint density at radius 3 is 2.57 bits per heavy atom. The van der Waals surface area contributed by atoms with Crippen LogP contribution in [0.3, 0.4) is 0 Å². The van der Waals surface area contributed by atoms with Crippen molar-refractivity contribution in [3.8, 4) is 0 Å². The third kappa shape index (κ3) is 3.53. The van der Waals surface area contributed by atoms with E-state index in [1.807, 2.05) is 12.3 Å². The summed E-state index contributed by atoms with van der Waals surface area (Å²) in [5, 5.41) is 10.6. The highest BCUT2D eigenvalue weighted by Crippen LogP contribution is 2.45. The van der Waals surface area contributed by atoms with Crippen LogP contribution in [0.4, 0.5) is 0 Å². The van der Waals surface area contributed by atoms with Gasteiger partial charge in [0.15, 0.2) is 0 Å². The van der Waals surface area contributed by atoms with Crippen molar-refractivity contribution in [2.24, 2.45) is 17.8 Å².